The Hall–Kier alpha value is -0.220. The third kappa shape index (κ3) is 9.04. The molecular formula is C12H26N2OS. The summed E-state index contributed by atoms with van der Waals surface area (Å²) in [5.74, 6) is 1.47. The molecule has 1 unspecified atom stereocenters. The van der Waals surface area contributed by atoms with Crippen molar-refractivity contribution in [2.45, 2.75) is 33.1 Å². The Morgan fingerprint density at radius 2 is 2.06 bits per heavy atom. The molecule has 1 amide bonds. The van der Waals surface area contributed by atoms with Crippen molar-refractivity contribution in [2.75, 3.05) is 31.6 Å². The summed E-state index contributed by atoms with van der Waals surface area (Å²) in [5, 5.41) is 6.17. The van der Waals surface area contributed by atoms with Gasteiger partial charge in [-0.3, -0.25) is 4.79 Å². The van der Waals surface area contributed by atoms with E-state index in [-0.39, 0.29) is 11.8 Å². The van der Waals surface area contributed by atoms with Gasteiger partial charge in [-0.1, -0.05) is 20.3 Å². The molecule has 0 saturated heterocycles. The fourth-order valence-electron chi connectivity index (χ4n) is 1.39. The molecule has 16 heavy (non-hydrogen) atoms. The van der Waals surface area contributed by atoms with Crippen LogP contribution in [0.2, 0.25) is 0 Å². The number of hydrogen-bond donors (Lipinski definition) is 2. The highest BCUT2D eigenvalue weighted by Crippen LogP contribution is 2.01. The number of nitrogens with one attached hydrogen (secondary N) is 2. The summed E-state index contributed by atoms with van der Waals surface area (Å²) in [7, 11) is 0. The van der Waals surface area contributed by atoms with Crippen LogP contribution in [0.4, 0.5) is 0 Å². The van der Waals surface area contributed by atoms with Crippen LogP contribution in [0.15, 0.2) is 0 Å². The third-order valence-corrected chi connectivity index (χ3v) is 3.17. The minimum atomic E-state index is 0.0751. The number of amides is 1. The fraction of sp³-hybridized carbons (Fsp3) is 0.917. The molecule has 0 rings (SSSR count). The lowest BCUT2D eigenvalue weighted by molar-refractivity contribution is -0.124. The SMILES string of the molecule is CCNCC(C)C(=O)NCCCCCSC. The first-order chi connectivity index (χ1) is 7.72. The second-order valence-electron chi connectivity index (χ2n) is 4.05. The van der Waals surface area contributed by atoms with E-state index in [1.165, 1.54) is 18.6 Å². The second-order valence-corrected chi connectivity index (χ2v) is 5.04. The molecule has 0 heterocycles. The first-order valence-corrected chi connectivity index (χ1v) is 7.59. The van der Waals surface area contributed by atoms with Crippen molar-refractivity contribution in [3.8, 4) is 0 Å². The summed E-state index contributed by atoms with van der Waals surface area (Å²) in [5.41, 5.74) is 0. The lowest BCUT2D eigenvalue weighted by Gasteiger charge is -2.12. The molecule has 4 heteroatoms. The molecule has 0 radical (unpaired) electrons. The van der Waals surface area contributed by atoms with Crippen molar-refractivity contribution < 1.29 is 4.79 Å². The van der Waals surface area contributed by atoms with Crippen LogP contribution in [0.5, 0.6) is 0 Å². The van der Waals surface area contributed by atoms with Crippen molar-refractivity contribution >= 4 is 17.7 Å². The Morgan fingerprint density at radius 1 is 1.31 bits per heavy atom. The Morgan fingerprint density at radius 3 is 2.69 bits per heavy atom. The molecule has 1 atom stereocenters. The van der Waals surface area contributed by atoms with Gasteiger partial charge in [-0.2, -0.15) is 11.8 Å². The van der Waals surface area contributed by atoms with E-state index in [0.29, 0.717) is 0 Å². The molecule has 2 N–H and O–H groups in total. The number of carbonyl (C=O) groups is 1. The minimum Gasteiger partial charge on any atom is -0.356 e. The van der Waals surface area contributed by atoms with Crippen molar-refractivity contribution in [3.05, 3.63) is 0 Å². The van der Waals surface area contributed by atoms with Gasteiger partial charge in [-0.05, 0) is 31.4 Å². The molecule has 0 aromatic rings. The van der Waals surface area contributed by atoms with Gasteiger partial charge in [-0.25, -0.2) is 0 Å². The summed E-state index contributed by atoms with van der Waals surface area (Å²) in [4.78, 5) is 11.6. The molecule has 0 aliphatic rings. The van der Waals surface area contributed by atoms with Gasteiger partial charge >= 0.3 is 0 Å². The van der Waals surface area contributed by atoms with Gasteiger partial charge in [0.25, 0.3) is 0 Å². The number of carbonyl (C=O) groups excluding carboxylic acids is 1. The van der Waals surface area contributed by atoms with Gasteiger partial charge in [0.15, 0.2) is 0 Å². The average molecular weight is 246 g/mol. The highest BCUT2D eigenvalue weighted by Gasteiger charge is 2.10. The van der Waals surface area contributed by atoms with E-state index in [1.807, 2.05) is 18.7 Å². The first kappa shape index (κ1) is 15.8. The van der Waals surface area contributed by atoms with Crippen LogP contribution in [-0.2, 0) is 4.79 Å². The average Bonchev–Trinajstić information content (AvgIpc) is 2.30. The summed E-state index contributed by atoms with van der Waals surface area (Å²) < 4.78 is 0. The standard InChI is InChI=1S/C12H26N2OS/c1-4-13-10-11(2)12(15)14-8-6-5-7-9-16-3/h11,13H,4-10H2,1-3H3,(H,14,15). The maximum absolute atomic E-state index is 11.6. The summed E-state index contributed by atoms with van der Waals surface area (Å²) >= 11 is 1.88. The molecule has 96 valence electrons. The van der Waals surface area contributed by atoms with Crippen LogP contribution in [0.25, 0.3) is 0 Å². The van der Waals surface area contributed by atoms with E-state index < -0.39 is 0 Å². The van der Waals surface area contributed by atoms with Gasteiger partial charge in [0.05, 0.1) is 0 Å². The Kier molecular flexibility index (Phi) is 11.1. The van der Waals surface area contributed by atoms with Gasteiger partial charge in [-0.15, -0.1) is 0 Å². The van der Waals surface area contributed by atoms with Crippen molar-refractivity contribution in [1.82, 2.24) is 10.6 Å². The van der Waals surface area contributed by atoms with Crippen LogP contribution >= 0.6 is 11.8 Å². The highest BCUT2D eigenvalue weighted by molar-refractivity contribution is 7.98. The first-order valence-electron chi connectivity index (χ1n) is 6.19. The summed E-state index contributed by atoms with van der Waals surface area (Å²) in [6.45, 7) is 6.53. The smallest absolute Gasteiger partial charge is 0.224 e. The number of unbranched alkanes of at least 4 members (excludes halogenated alkanes) is 2. The molecule has 0 spiro atoms. The van der Waals surface area contributed by atoms with Crippen molar-refractivity contribution in [3.63, 3.8) is 0 Å². The van der Waals surface area contributed by atoms with Crippen molar-refractivity contribution in [1.29, 1.82) is 0 Å². The van der Waals surface area contributed by atoms with E-state index in [0.717, 1.165) is 26.1 Å². The molecule has 3 nitrogen and oxygen atoms in total. The van der Waals surface area contributed by atoms with Crippen molar-refractivity contribution in [2.24, 2.45) is 5.92 Å². The monoisotopic (exact) mass is 246 g/mol. The van der Waals surface area contributed by atoms with Gasteiger partial charge in [0.1, 0.15) is 0 Å². The summed E-state index contributed by atoms with van der Waals surface area (Å²) in [6, 6.07) is 0. The molecule has 0 fully saturated rings. The molecule has 0 aliphatic carbocycles. The molecular weight excluding hydrogens is 220 g/mol. The normalized spacial score (nSPS) is 12.4. The number of thioether (sulfide) groups is 1. The van der Waals surface area contributed by atoms with E-state index in [2.05, 4.69) is 23.8 Å². The second kappa shape index (κ2) is 11.3. The van der Waals surface area contributed by atoms with Gasteiger partial charge in [0, 0.05) is 19.0 Å². The Labute approximate surface area is 104 Å². The van der Waals surface area contributed by atoms with Crippen LogP contribution in [0.1, 0.15) is 33.1 Å². The maximum atomic E-state index is 11.6. The van der Waals surface area contributed by atoms with E-state index in [1.54, 1.807) is 0 Å². The molecule has 0 saturated carbocycles. The lowest BCUT2D eigenvalue weighted by atomic mass is 10.1. The largest absolute Gasteiger partial charge is 0.356 e. The predicted octanol–water partition coefficient (Wildman–Crippen LogP) is 1.88. The quantitative estimate of drug-likeness (QED) is 0.578. The lowest BCUT2D eigenvalue weighted by Crippen LogP contribution is -2.35. The highest BCUT2D eigenvalue weighted by atomic mass is 32.2. The van der Waals surface area contributed by atoms with Gasteiger partial charge in [0.2, 0.25) is 5.91 Å². The zero-order chi connectivity index (χ0) is 12.2. The molecule has 0 bridgehead atoms. The van der Waals surface area contributed by atoms with Crippen LogP contribution in [0, 0.1) is 5.92 Å². The van der Waals surface area contributed by atoms with Crippen LogP contribution in [-0.4, -0.2) is 37.6 Å². The Bertz CT molecular complexity index is 176. The maximum Gasteiger partial charge on any atom is 0.224 e. The summed E-state index contributed by atoms with van der Waals surface area (Å²) in [6.07, 6.45) is 5.69. The number of rotatable bonds is 10. The minimum absolute atomic E-state index is 0.0751. The van der Waals surface area contributed by atoms with Crippen LogP contribution < -0.4 is 10.6 Å². The molecule has 0 aliphatic heterocycles. The zero-order valence-electron chi connectivity index (χ0n) is 10.8. The van der Waals surface area contributed by atoms with Crippen LogP contribution in [0.3, 0.4) is 0 Å². The third-order valence-electron chi connectivity index (χ3n) is 2.47. The van der Waals surface area contributed by atoms with E-state index in [4.69, 9.17) is 0 Å². The fourth-order valence-corrected chi connectivity index (χ4v) is 1.88. The molecule has 0 aromatic heterocycles. The Balaban J connectivity index is 3.35. The predicted molar refractivity (Wildman–Crippen MR) is 73.0 cm³/mol. The van der Waals surface area contributed by atoms with E-state index >= 15 is 0 Å². The van der Waals surface area contributed by atoms with Gasteiger partial charge < -0.3 is 10.6 Å². The van der Waals surface area contributed by atoms with E-state index in [9.17, 15) is 4.79 Å². The topological polar surface area (TPSA) is 41.1 Å². The zero-order valence-corrected chi connectivity index (χ0v) is 11.7. The number of hydrogen-bond acceptors (Lipinski definition) is 3. The molecule has 0 aromatic carbocycles.